The van der Waals surface area contributed by atoms with E-state index >= 15 is 0 Å². The Labute approximate surface area is 146 Å². The van der Waals surface area contributed by atoms with E-state index < -0.39 is 0 Å². The molecule has 4 nitrogen and oxygen atoms in total. The number of nitrogens with two attached hydrogens (primary N) is 1. The summed E-state index contributed by atoms with van der Waals surface area (Å²) >= 11 is 0. The third-order valence-electron chi connectivity index (χ3n) is 5.44. The number of aryl methyl sites for hydroxylation is 1. The number of hydrogen-bond acceptors (Lipinski definition) is 2. The molecule has 0 radical (unpaired) electrons. The maximum atomic E-state index is 6.17. The second kappa shape index (κ2) is 8.52. The molecule has 4 heteroatoms. The zero-order chi connectivity index (χ0) is 16.8. The monoisotopic (exact) mass is 328 g/mol. The third-order valence-corrected chi connectivity index (χ3v) is 5.44. The first-order valence-corrected chi connectivity index (χ1v) is 9.59. The highest BCUT2D eigenvalue weighted by molar-refractivity contribution is 5.78. The predicted molar refractivity (Wildman–Crippen MR) is 101 cm³/mol. The minimum Gasteiger partial charge on any atom is -0.370 e. The molecule has 1 atom stereocenters. The second-order valence-electron chi connectivity index (χ2n) is 7.37. The Balaban J connectivity index is 1.64. The van der Waals surface area contributed by atoms with Crippen LogP contribution in [-0.2, 0) is 0 Å². The van der Waals surface area contributed by atoms with Gasteiger partial charge in [-0.1, -0.05) is 49.1 Å². The molecule has 2 fully saturated rings. The lowest BCUT2D eigenvalue weighted by molar-refractivity contribution is 0.251. The van der Waals surface area contributed by atoms with Gasteiger partial charge in [-0.15, -0.1) is 0 Å². The molecule has 3 rings (SSSR count). The Morgan fingerprint density at radius 2 is 1.79 bits per heavy atom. The maximum Gasteiger partial charge on any atom is 0.188 e. The molecule has 1 unspecified atom stereocenters. The zero-order valence-electron chi connectivity index (χ0n) is 15.0. The molecule has 0 amide bonds. The van der Waals surface area contributed by atoms with Gasteiger partial charge < -0.3 is 11.1 Å². The van der Waals surface area contributed by atoms with E-state index in [4.69, 9.17) is 10.7 Å². The smallest absolute Gasteiger partial charge is 0.188 e. The molecule has 1 aliphatic carbocycles. The van der Waals surface area contributed by atoms with Gasteiger partial charge in [0.1, 0.15) is 0 Å². The van der Waals surface area contributed by atoms with Crippen LogP contribution >= 0.6 is 0 Å². The summed E-state index contributed by atoms with van der Waals surface area (Å²) in [5.74, 6) is 0.623. The van der Waals surface area contributed by atoms with Crippen molar-refractivity contribution in [1.29, 1.82) is 0 Å². The van der Waals surface area contributed by atoms with Crippen molar-refractivity contribution in [3.8, 4) is 0 Å². The molecule has 3 N–H and O–H groups in total. The Morgan fingerprint density at radius 3 is 2.46 bits per heavy atom. The van der Waals surface area contributed by atoms with E-state index in [0.29, 0.717) is 18.0 Å². The molecular weight excluding hydrogens is 296 g/mol. The van der Waals surface area contributed by atoms with Gasteiger partial charge in [-0.2, -0.15) is 0 Å². The van der Waals surface area contributed by atoms with Crippen LogP contribution in [0, 0.1) is 6.92 Å². The quantitative estimate of drug-likeness (QED) is 0.643. The number of aliphatic imine (C=N–C) groups is 1. The van der Waals surface area contributed by atoms with E-state index in [1.165, 1.54) is 69.2 Å². The average molecular weight is 329 g/mol. The SMILES string of the molecule is Cc1ccc(C(CN=C(N)NC2CCCCC2)N2CCCC2)cc1. The highest BCUT2D eigenvalue weighted by atomic mass is 15.2. The van der Waals surface area contributed by atoms with Gasteiger partial charge in [0.2, 0.25) is 0 Å². The van der Waals surface area contributed by atoms with E-state index in [1.54, 1.807) is 0 Å². The molecule has 1 saturated heterocycles. The lowest BCUT2D eigenvalue weighted by Gasteiger charge is -2.27. The molecule has 132 valence electrons. The average Bonchev–Trinajstić information content (AvgIpc) is 3.12. The number of likely N-dealkylation sites (tertiary alicyclic amines) is 1. The number of benzene rings is 1. The summed E-state index contributed by atoms with van der Waals surface area (Å²) in [7, 11) is 0. The molecule has 24 heavy (non-hydrogen) atoms. The van der Waals surface area contributed by atoms with Gasteiger partial charge in [0.05, 0.1) is 12.6 Å². The standard InChI is InChI=1S/C20H32N4/c1-16-9-11-17(12-10-16)19(24-13-5-6-14-24)15-22-20(21)23-18-7-3-2-4-8-18/h9-12,18-19H,2-8,13-15H2,1H3,(H3,21,22,23). The number of hydrogen-bond donors (Lipinski definition) is 2. The van der Waals surface area contributed by atoms with Crippen LogP contribution < -0.4 is 11.1 Å². The third kappa shape index (κ3) is 4.73. The van der Waals surface area contributed by atoms with Gasteiger partial charge in [-0.25, -0.2) is 0 Å². The summed E-state index contributed by atoms with van der Waals surface area (Å²) in [6.45, 7) is 5.22. The van der Waals surface area contributed by atoms with E-state index in [0.717, 1.165) is 6.54 Å². The van der Waals surface area contributed by atoms with Crippen LogP contribution in [0.2, 0.25) is 0 Å². The van der Waals surface area contributed by atoms with Crippen LogP contribution in [0.25, 0.3) is 0 Å². The maximum absolute atomic E-state index is 6.17. The van der Waals surface area contributed by atoms with Crippen LogP contribution in [0.4, 0.5) is 0 Å². The van der Waals surface area contributed by atoms with Crippen LogP contribution in [0.15, 0.2) is 29.3 Å². The van der Waals surface area contributed by atoms with Crippen molar-refractivity contribution in [1.82, 2.24) is 10.2 Å². The molecule has 1 saturated carbocycles. The van der Waals surface area contributed by atoms with Crippen molar-refractivity contribution in [3.05, 3.63) is 35.4 Å². The highest BCUT2D eigenvalue weighted by Gasteiger charge is 2.23. The number of guanidine groups is 1. The summed E-state index contributed by atoms with van der Waals surface area (Å²) < 4.78 is 0. The summed E-state index contributed by atoms with van der Waals surface area (Å²) in [5.41, 5.74) is 8.84. The van der Waals surface area contributed by atoms with Gasteiger partial charge in [0.25, 0.3) is 0 Å². The van der Waals surface area contributed by atoms with Crippen molar-refractivity contribution in [2.75, 3.05) is 19.6 Å². The van der Waals surface area contributed by atoms with E-state index in [1.807, 2.05) is 0 Å². The molecule has 0 aromatic heterocycles. The first-order valence-electron chi connectivity index (χ1n) is 9.59. The minimum atomic E-state index is 0.347. The predicted octanol–water partition coefficient (Wildman–Crippen LogP) is 3.37. The first kappa shape index (κ1) is 17.3. The van der Waals surface area contributed by atoms with Crippen molar-refractivity contribution in [2.45, 2.75) is 64.0 Å². The van der Waals surface area contributed by atoms with Crippen LogP contribution in [-0.4, -0.2) is 36.5 Å². The van der Waals surface area contributed by atoms with Crippen molar-refractivity contribution in [3.63, 3.8) is 0 Å². The lowest BCUT2D eigenvalue weighted by atomic mass is 9.96. The number of nitrogens with one attached hydrogen (secondary N) is 1. The first-order chi connectivity index (χ1) is 11.7. The van der Waals surface area contributed by atoms with Crippen molar-refractivity contribution in [2.24, 2.45) is 10.7 Å². The molecule has 1 aromatic rings. The Bertz CT molecular complexity index is 525. The topological polar surface area (TPSA) is 53.6 Å². The summed E-state index contributed by atoms with van der Waals surface area (Å²) in [6.07, 6.45) is 9.02. The summed E-state index contributed by atoms with van der Waals surface area (Å²) in [5, 5.41) is 3.43. The molecule has 1 aromatic carbocycles. The van der Waals surface area contributed by atoms with Gasteiger partial charge in [-0.05, 0) is 51.3 Å². The van der Waals surface area contributed by atoms with Crippen molar-refractivity contribution < 1.29 is 0 Å². The molecule has 0 spiro atoms. The molecular formula is C20H32N4. The fourth-order valence-electron chi connectivity index (χ4n) is 3.96. The Hall–Kier alpha value is -1.55. The zero-order valence-corrected chi connectivity index (χ0v) is 15.0. The number of nitrogens with zero attached hydrogens (tertiary/aromatic N) is 2. The fourth-order valence-corrected chi connectivity index (χ4v) is 3.96. The molecule has 2 aliphatic rings. The normalized spacial score (nSPS) is 21.8. The van der Waals surface area contributed by atoms with Gasteiger partial charge >= 0.3 is 0 Å². The molecule has 0 bridgehead atoms. The van der Waals surface area contributed by atoms with E-state index in [9.17, 15) is 0 Å². The highest BCUT2D eigenvalue weighted by Crippen LogP contribution is 2.26. The van der Waals surface area contributed by atoms with Gasteiger partial charge in [0.15, 0.2) is 5.96 Å². The number of rotatable bonds is 5. The Morgan fingerprint density at radius 1 is 1.12 bits per heavy atom. The van der Waals surface area contributed by atoms with Crippen LogP contribution in [0.5, 0.6) is 0 Å². The van der Waals surface area contributed by atoms with Gasteiger partial charge in [0, 0.05) is 6.04 Å². The van der Waals surface area contributed by atoms with Crippen LogP contribution in [0.3, 0.4) is 0 Å². The second-order valence-corrected chi connectivity index (χ2v) is 7.37. The fraction of sp³-hybridized carbons (Fsp3) is 0.650. The largest absolute Gasteiger partial charge is 0.370 e. The minimum absolute atomic E-state index is 0.347. The Kier molecular flexibility index (Phi) is 6.13. The van der Waals surface area contributed by atoms with E-state index in [-0.39, 0.29) is 0 Å². The molecule has 1 aliphatic heterocycles. The molecule has 1 heterocycles. The summed E-state index contributed by atoms with van der Waals surface area (Å²) in [4.78, 5) is 7.26. The van der Waals surface area contributed by atoms with Crippen LogP contribution in [0.1, 0.15) is 62.1 Å². The van der Waals surface area contributed by atoms with E-state index in [2.05, 4.69) is 41.4 Å². The van der Waals surface area contributed by atoms with Crippen molar-refractivity contribution >= 4 is 5.96 Å². The lowest BCUT2D eigenvalue weighted by Crippen LogP contribution is -2.41. The summed E-state index contributed by atoms with van der Waals surface area (Å²) in [6, 6.07) is 9.77. The van der Waals surface area contributed by atoms with Gasteiger partial charge in [-0.3, -0.25) is 9.89 Å².